The largest absolute Gasteiger partial charge is 0.335 e. The molecule has 4 heteroatoms. The lowest BCUT2D eigenvalue weighted by molar-refractivity contribution is 0.347. The van der Waals surface area contributed by atoms with Crippen LogP contribution in [0.4, 0.5) is 0 Å². The molecule has 1 aliphatic carbocycles. The Morgan fingerprint density at radius 1 is 1.35 bits per heavy atom. The van der Waals surface area contributed by atoms with Gasteiger partial charge < -0.3 is 4.57 Å². The van der Waals surface area contributed by atoms with Crippen LogP contribution in [-0.4, -0.2) is 15.6 Å². The Morgan fingerprint density at radius 3 is 2.75 bits per heavy atom. The van der Waals surface area contributed by atoms with Crippen LogP contribution in [0.5, 0.6) is 0 Å². The lowest BCUT2D eigenvalue weighted by Crippen LogP contribution is -2.39. The number of hydrazine groups is 1. The molecule has 20 heavy (non-hydrogen) atoms. The van der Waals surface area contributed by atoms with Crippen molar-refractivity contribution in [2.45, 2.75) is 77.3 Å². The zero-order valence-electron chi connectivity index (χ0n) is 12.9. The van der Waals surface area contributed by atoms with Crippen molar-refractivity contribution in [3.05, 3.63) is 18.2 Å². The maximum absolute atomic E-state index is 5.78. The maximum atomic E-state index is 5.78. The Bertz CT molecular complexity index is 366. The molecule has 0 spiro atoms. The summed E-state index contributed by atoms with van der Waals surface area (Å²) in [6.07, 6.45) is 15.6. The lowest BCUT2D eigenvalue weighted by Gasteiger charge is -2.22. The molecule has 0 amide bonds. The van der Waals surface area contributed by atoms with E-state index in [2.05, 4.69) is 28.1 Å². The highest BCUT2D eigenvalue weighted by Gasteiger charge is 2.19. The predicted octanol–water partition coefficient (Wildman–Crippen LogP) is 3.03. The second-order valence-corrected chi connectivity index (χ2v) is 6.20. The first-order valence-corrected chi connectivity index (χ1v) is 8.29. The molecule has 3 N–H and O–H groups in total. The van der Waals surface area contributed by atoms with Crippen LogP contribution in [0, 0.1) is 5.92 Å². The lowest BCUT2D eigenvalue weighted by atomic mass is 9.91. The molecule has 0 radical (unpaired) electrons. The molecule has 0 aromatic carbocycles. The molecule has 114 valence electrons. The van der Waals surface area contributed by atoms with Gasteiger partial charge in [-0.2, -0.15) is 0 Å². The van der Waals surface area contributed by atoms with Crippen LogP contribution in [0.25, 0.3) is 0 Å². The van der Waals surface area contributed by atoms with Crippen molar-refractivity contribution in [2.75, 3.05) is 0 Å². The van der Waals surface area contributed by atoms with Crippen LogP contribution in [0.2, 0.25) is 0 Å². The Hall–Kier alpha value is -0.870. The van der Waals surface area contributed by atoms with Crippen LogP contribution < -0.4 is 11.3 Å². The number of nitrogens with zero attached hydrogens (tertiary/aromatic N) is 2. The minimum absolute atomic E-state index is 0.358. The minimum Gasteiger partial charge on any atom is -0.335 e. The first kappa shape index (κ1) is 15.5. The third-order valence-electron chi connectivity index (χ3n) is 4.52. The molecule has 1 atom stereocenters. The van der Waals surface area contributed by atoms with Crippen LogP contribution in [0.3, 0.4) is 0 Å². The molecular weight excluding hydrogens is 248 g/mol. The minimum atomic E-state index is 0.358. The fourth-order valence-electron chi connectivity index (χ4n) is 3.41. The van der Waals surface area contributed by atoms with Crippen molar-refractivity contribution >= 4 is 0 Å². The Kier molecular flexibility index (Phi) is 6.54. The molecule has 0 aliphatic heterocycles. The summed E-state index contributed by atoms with van der Waals surface area (Å²) in [7, 11) is 0. The van der Waals surface area contributed by atoms with Crippen molar-refractivity contribution in [1.82, 2.24) is 15.0 Å². The quantitative estimate of drug-likeness (QED) is 0.458. The molecule has 0 bridgehead atoms. The fraction of sp³-hybridized carbons (Fsp3) is 0.812. The zero-order chi connectivity index (χ0) is 14.2. The van der Waals surface area contributed by atoms with Crippen molar-refractivity contribution in [2.24, 2.45) is 11.8 Å². The van der Waals surface area contributed by atoms with Gasteiger partial charge in [0.2, 0.25) is 0 Å². The van der Waals surface area contributed by atoms with Crippen molar-refractivity contribution in [3.8, 4) is 0 Å². The fourth-order valence-corrected chi connectivity index (χ4v) is 3.41. The van der Waals surface area contributed by atoms with Gasteiger partial charge in [0.15, 0.2) is 0 Å². The summed E-state index contributed by atoms with van der Waals surface area (Å²) in [6, 6.07) is 0.358. The monoisotopic (exact) mass is 278 g/mol. The average Bonchev–Trinajstić information content (AvgIpc) is 2.73. The van der Waals surface area contributed by atoms with Gasteiger partial charge in [0, 0.05) is 31.4 Å². The van der Waals surface area contributed by atoms with Crippen LogP contribution >= 0.6 is 0 Å². The first-order valence-electron chi connectivity index (χ1n) is 8.29. The molecule has 4 nitrogen and oxygen atoms in total. The number of imidazole rings is 1. The number of aryl methyl sites for hydroxylation is 1. The van der Waals surface area contributed by atoms with Gasteiger partial charge in [-0.15, -0.1) is 0 Å². The molecule has 1 aromatic heterocycles. The van der Waals surface area contributed by atoms with E-state index in [0.29, 0.717) is 6.04 Å². The van der Waals surface area contributed by atoms with E-state index in [1.165, 1.54) is 50.8 Å². The summed E-state index contributed by atoms with van der Waals surface area (Å²) in [4.78, 5) is 4.50. The Labute approximate surface area is 123 Å². The van der Waals surface area contributed by atoms with Crippen molar-refractivity contribution < 1.29 is 0 Å². The molecule has 1 heterocycles. The molecular formula is C16H30N4. The number of nitrogens with one attached hydrogen (secondary N) is 1. The van der Waals surface area contributed by atoms with Gasteiger partial charge >= 0.3 is 0 Å². The highest BCUT2D eigenvalue weighted by Crippen LogP contribution is 2.27. The summed E-state index contributed by atoms with van der Waals surface area (Å²) >= 11 is 0. The van der Waals surface area contributed by atoms with Gasteiger partial charge in [-0.25, -0.2) is 4.98 Å². The third-order valence-corrected chi connectivity index (χ3v) is 4.52. The zero-order valence-corrected chi connectivity index (χ0v) is 12.9. The second kappa shape index (κ2) is 8.42. The van der Waals surface area contributed by atoms with Gasteiger partial charge in [-0.3, -0.25) is 11.3 Å². The molecule has 1 aliphatic rings. The van der Waals surface area contributed by atoms with E-state index >= 15 is 0 Å². The van der Waals surface area contributed by atoms with E-state index < -0.39 is 0 Å². The second-order valence-electron chi connectivity index (χ2n) is 6.20. The van der Waals surface area contributed by atoms with Gasteiger partial charge in [0.25, 0.3) is 0 Å². The van der Waals surface area contributed by atoms with E-state index in [9.17, 15) is 0 Å². The molecule has 1 aromatic rings. The summed E-state index contributed by atoms with van der Waals surface area (Å²) in [5.41, 5.74) is 3.02. The van der Waals surface area contributed by atoms with E-state index in [-0.39, 0.29) is 0 Å². The normalized spacial score (nSPS) is 18.9. The van der Waals surface area contributed by atoms with Crippen LogP contribution in [-0.2, 0) is 13.0 Å². The topological polar surface area (TPSA) is 55.9 Å². The first-order chi connectivity index (χ1) is 9.83. The molecule has 1 saturated carbocycles. The van der Waals surface area contributed by atoms with Gasteiger partial charge in [-0.1, -0.05) is 45.4 Å². The molecule has 2 rings (SSSR count). The smallest absolute Gasteiger partial charge is 0.110 e. The summed E-state index contributed by atoms with van der Waals surface area (Å²) in [5, 5.41) is 0. The highest BCUT2D eigenvalue weighted by molar-refractivity contribution is 4.96. The standard InChI is InChI=1S/C16H30N4/c1-2-10-20-11-9-18-16(20)13-15(19-17)12-14-7-5-3-4-6-8-14/h9,11,14-15,19H,2-8,10,12-13,17H2,1H3. The number of hydrogen-bond donors (Lipinski definition) is 2. The average molecular weight is 278 g/mol. The highest BCUT2D eigenvalue weighted by atomic mass is 15.2. The third kappa shape index (κ3) is 4.60. The number of rotatable bonds is 7. The van der Waals surface area contributed by atoms with E-state index in [1.807, 2.05) is 6.20 Å². The predicted molar refractivity (Wildman–Crippen MR) is 83.1 cm³/mol. The van der Waals surface area contributed by atoms with Crippen molar-refractivity contribution in [1.29, 1.82) is 0 Å². The Morgan fingerprint density at radius 2 is 2.10 bits per heavy atom. The number of nitrogens with two attached hydrogens (primary N) is 1. The van der Waals surface area contributed by atoms with Gasteiger partial charge in [0.1, 0.15) is 5.82 Å². The van der Waals surface area contributed by atoms with E-state index in [4.69, 9.17) is 5.84 Å². The molecule has 1 fully saturated rings. The van der Waals surface area contributed by atoms with Gasteiger partial charge in [-0.05, 0) is 18.8 Å². The van der Waals surface area contributed by atoms with Crippen LogP contribution in [0.1, 0.15) is 64.1 Å². The van der Waals surface area contributed by atoms with E-state index in [1.54, 1.807) is 0 Å². The van der Waals surface area contributed by atoms with E-state index in [0.717, 1.165) is 25.3 Å². The molecule has 1 unspecified atom stereocenters. The van der Waals surface area contributed by atoms with Crippen LogP contribution in [0.15, 0.2) is 12.4 Å². The maximum Gasteiger partial charge on any atom is 0.110 e. The summed E-state index contributed by atoms with van der Waals surface area (Å²) < 4.78 is 2.26. The SMILES string of the molecule is CCCn1ccnc1CC(CC1CCCCCC1)NN. The van der Waals surface area contributed by atoms with Gasteiger partial charge in [0.05, 0.1) is 0 Å². The number of aromatic nitrogens is 2. The molecule has 0 saturated heterocycles. The summed E-state index contributed by atoms with van der Waals surface area (Å²) in [6.45, 7) is 3.25. The number of hydrogen-bond acceptors (Lipinski definition) is 3. The van der Waals surface area contributed by atoms with Crippen molar-refractivity contribution in [3.63, 3.8) is 0 Å². The Balaban J connectivity index is 1.88. The summed E-state index contributed by atoms with van der Waals surface area (Å²) in [5.74, 6) is 7.79.